The first-order chi connectivity index (χ1) is 7.70. The summed E-state index contributed by atoms with van der Waals surface area (Å²) in [5.41, 5.74) is 7.61. The molecule has 2 rings (SSSR count). The Morgan fingerprint density at radius 2 is 2.38 bits per heavy atom. The molecule has 88 valence electrons. The second-order valence-electron chi connectivity index (χ2n) is 4.35. The largest absolute Gasteiger partial charge is 0.397 e. The maximum atomic E-state index is 5.77. The van der Waals surface area contributed by atoms with Crippen LogP contribution in [0.5, 0.6) is 0 Å². The number of methoxy groups -OCH3 is 1. The zero-order valence-electron chi connectivity index (χ0n) is 9.94. The van der Waals surface area contributed by atoms with Gasteiger partial charge in [-0.15, -0.1) is 0 Å². The second-order valence-corrected chi connectivity index (χ2v) is 4.35. The zero-order chi connectivity index (χ0) is 11.5. The number of pyridine rings is 1. The van der Waals surface area contributed by atoms with Gasteiger partial charge in [-0.3, -0.25) is 0 Å². The average Bonchev–Trinajstić information content (AvgIpc) is 2.33. The lowest BCUT2D eigenvalue weighted by molar-refractivity contribution is 0.0891. The summed E-state index contributed by atoms with van der Waals surface area (Å²) in [5.74, 6) is 1.01. The summed E-state index contributed by atoms with van der Waals surface area (Å²) in [6.45, 7) is 3.99. The van der Waals surface area contributed by atoms with E-state index in [-0.39, 0.29) is 0 Å². The third-order valence-corrected chi connectivity index (χ3v) is 3.17. The SMILES string of the molecule is COC1CCCN(c2cc(C)c(N)cn2)C1. The van der Waals surface area contributed by atoms with Gasteiger partial charge in [0.25, 0.3) is 0 Å². The van der Waals surface area contributed by atoms with E-state index >= 15 is 0 Å². The number of anilines is 2. The van der Waals surface area contributed by atoms with Crippen molar-refractivity contribution in [2.24, 2.45) is 0 Å². The smallest absolute Gasteiger partial charge is 0.128 e. The van der Waals surface area contributed by atoms with Crippen molar-refractivity contribution in [3.63, 3.8) is 0 Å². The van der Waals surface area contributed by atoms with Gasteiger partial charge in [-0.05, 0) is 31.4 Å². The zero-order valence-corrected chi connectivity index (χ0v) is 9.94. The highest BCUT2D eigenvalue weighted by molar-refractivity contribution is 5.52. The number of aryl methyl sites for hydroxylation is 1. The summed E-state index contributed by atoms with van der Waals surface area (Å²) in [4.78, 5) is 6.64. The number of nitrogen functional groups attached to an aromatic ring is 1. The van der Waals surface area contributed by atoms with E-state index < -0.39 is 0 Å². The van der Waals surface area contributed by atoms with Gasteiger partial charge in [0.2, 0.25) is 0 Å². The summed E-state index contributed by atoms with van der Waals surface area (Å²) in [6, 6.07) is 2.05. The molecule has 1 aromatic rings. The maximum absolute atomic E-state index is 5.77. The molecule has 1 aliphatic heterocycles. The standard InChI is InChI=1S/C12H19N3O/c1-9-6-12(14-7-11(9)13)15-5-3-4-10(8-15)16-2/h6-7,10H,3-5,8,13H2,1-2H3. The Kier molecular flexibility index (Phi) is 3.29. The van der Waals surface area contributed by atoms with Crippen LogP contribution in [-0.2, 0) is 4.74 Å². The van der Waals surface area contributed by atoms with Crippen LogP contribution >= 0.6 is 0 Å². The van der Waals surface area contributed by atoms with E-state index in [9.17, 15) is 0 Å². The van der Waals surface area contributed by atoms with E-state index in [2.05, 4.69) is 9.88 Å². The summed E-state index contributed by atoms with van der Waals surface area (Å²) in [5, 5.41) is 0. The number of rotatable bonds is 2. The highest BCUT2D eigenvalue weighted by atomic mass is 16.5. The molecule has 1 aliphatic rings. The van der Waals surface area contributed by atoms with Gasteiger partial charge in [-0.25, -0.2) is 4.98 Å². The summed E-state index contributed by atoms with van der Waals surface area (Å²) >= 11 is 0. The molecule has 2 heterocycles. The fourth-order valence-corrected chi connectivity index (χ4v) is 2.06. The minimum absolute atomic E-state index is 0.327. The van der Waals surface area contributed by atoms with Crippen molar-refractivity contribution in [1.29, 1.82) is 0 Å². The van der Waals surface area contributed by atoms with Crippen LogP contribution in [0, 0.1) is 6.92 Å². The van der Waals surface area contributed by atoms with Gasteiger partial charge in [0.1, 0.15) is 5.82 Å². The predicted molar refractivity (Wildman–Crippen MR) is 65.6 cm³/mol. The predicted octanol–water partition coefficient (Wildman–Crippen LogP) is 1.59. The first kappa shape index (κ1) is 11.2. The lowest BCUT2D eigenvalue weighted by Crippen LogP contribution is -2.39. The molecule has 0 bridgehead atoms. The molecule has 4 heteroatoms. The number of nitrogens with zero attached hydrogens (tertiary/aromatic N) is 2. The van der Waals surface area contributed by atoms with E-state index in [4.69, 9.17) is 10.5 Å². The van der Waals surface area contributed by atoms with Crippen LogP contribution in [0.15, 0.2) is 12.3 Å². The van der Waals surface area contributed by atoms with Crippen LogP contribution < -0.4 is 10.6 Å². The van der Waals surface area contributed by atoms with Crippen molar-refractivity contribution >= 4 is 11.5 Å². The fraction of sp³-hybridized carbons (Fsp3) is 0.583. The lowest BCUT2D eigenvalue weighted by atomic mass is 10.1. The summed E-state index contributed by atoms with van der Waals surface area (Å²) in [7, 11) is 1.77. The van der Waals surface area contributed by atoms with E-state index in [1.807, 2.05) is 13.0 Å². The summed E-state index contributed by atoms with van der Waals surface area (Å²) < 4.78 is 5.40. The van der Waals surface area contributed by atoms with Gasteiger partial charge in [0.15, 0.2) is 0 Å². The highest BCUT2D eigenvalue weighted by Gasteiger charge is 2.20. The molecule has 0 amide bonds. The van der Waals surface area contributed by atoms with Crippen LogP contribution in [0.1, 0.15) is 18.4 Å². The van der Waals surface area contributed by atoms with E-state index in [1.54, 1.807) is 13.3 Å². The van der Waals surface area contributed by atoms with Crippen LogP contribution in [0.4, 0.5) is 11.5 Å². The molecular formula is C12H19N3O. The van der Waals surface area contributed by atoms with Crippen molar-refractivity contribution < 1.29 is 4.74 Å². The third-order valence-electron chi connectivity index (χ3n) is 3.17. The van der Waals surface area contributed by atoms with Crippen molar-refractivity contribution in [3.8, 4) is 0 Å². The molecule has 0 spiro atoms. The number of hydrogen-bond donors (Lipinski definition) is 1. The van der Waals surface area contributed by atoms with E-state index in [0.29, 0.717) is 6.10 Å². The Balaban J connectivity index is 2.13. The molecular weight excluding hydrogens is 202 g/mol. The van der Waals surface area contributed by atoms with Gasteiger partial charge in [0.05, 0.1) is 18.0 Å². The topological polar surface area (TPSA) is 51.4 Å². The van der Waals surface area contributed by atoms with Crippen LogP contribution in [0.2, 0.25) is 0 Å². The Hall–Kier alpha value is -1.29. The van der Waals surface area contributed by atoms with Crippen LogP contribution in [-0.4, -0.2) is 31.3 Å². The van der Waals surface area contributed by atoms with Crippen LogP contribution in [0.3, 0.4) is 0 Å². The first-order valence-electron chi connectivity index (χ1n) is 5.70. The maximum Gasteiger partial charge on any atom is 0.128 e. The Labute approximate surface area is 96.4 Å². The molecule has 0 aromatic carbocycles. The van der Waals surface area contributed by atoms with Crippen molar-refractivity contribution in [2.45, 2.75) is 25.9 Å². The first-order valence-corrected chi connectivity index (χ1v) is 5.70. The Morgan fingerprint density at radius 3 is 3.06 bits per heavy atom. The van der Waals surface area contributed by atoms with Gasteiger partial charge in [-0.1, -0.05) is 0 Å². The van der Waals surface area contributed by atoms with E-state index in [0.717, 1.165) is 43.0 Å². The summed E-state index contributed by atoms with van der Waals surface area (Å²) in [6.07, 6.45) is 4.36. The van der Waals surface area contributed by atoms with Crippen molar-refractivity contribution in [2.75, 3.05) is 30.8 Å². The highest BCUT2D eigenvalue weighted by Crippen LogP contribution is 2.21. The molecule has 2 N–H and O–H groups in total. The number of nitrogens with two attached hydrogens (primary N) is 1. The molecule has 0 radical (unpaired) electrons. The molecule has 1 fully saturated rings. The minimum atomic E-state index is 0.327. The molecule has 1 atom stereocenters. The van der Waals surface area contributed by atoms with Gasteiger partial charge in [-0.2, -0.15) is 0 Å². The Bertz CT molecular complexity index is 367. The second kappa shape index (κ2) is 4.70. The van der Waals surface area contributed by atoms with Crippen molar-refractivity contribution in [3.05, 3.63) is 17.8 Å². The minimum Gasteiger partial charge on any atom is -0.397 e. The molecule has 1 saturated heterocycles. The molecule has 1 unspecified atom stereocenters. The molecule has 0 saturated carbocycles. The molecule has 4 nitrogen and oxygen atoms in total. The number of piperidine rings is 1. The van der Waals surface area contributed by atoms with Gasteiger partial charge >= 0.3 is 0 Å². The monoisotopic (exact) mass is 221 g/mol. The number of ether oxygens (including phenoxy) is 1. The lowest BCUT2D eigenvalue weighted by Gasteiger charge is -2.32. The van der Waals surface area contributed by atoms with Gasteiger partial charge < -0.3 is 15.4 Å². The third kappa shape index (κ3) is 2.27. The number of aromatic nitrogens is 1. The Morgan fingerprint density at radius 1 is 1.56 bits per heavy atom. The molecule has 1 aromatic heterocycles. The normalized spacial score (nSPS) is 21.1. The van der Waals surface area contributed by atoms with Crippen molar-refractivity contribution in [1.82, 2.24) is 4.98 Å². The molecule has 16 heavy (non-hydrogen) atoms. The number of hydrogen-bond acceptors (Lipinski definition) is 4. The quantitative estimate of drug-likeness (QED) is 0.824. The molecule has 0 aliphatic carbocycles. The van der Waals surface area contributed by atoms with Gasteiger partial charge in [0, 0.05) is 20.2 Å². The van der Waals surface area contributed by atoms with E-state index in [1.165, 1.54) is 0 Å². The fourth-order valence-electron chi connectivity index (χ4n) is 2.06. The van der Waals surface area contributed by atoms with Crippen LogP contribution in [0.25, 0.3) is 0 Å². The average molecular weight is 221 g/mol.